The largest absolute Gasteiger partial charge is 0.397 e. The van der Waals surface area contributed by atoms with E-state index in [4.69, 9.17) is 10.5 Å². The second kappa shape index (κ2) is 4.80. The van der Waals surface area contributed by atoms with E-state index >= 15 is 0 Å². The van der Waals surface area contributed by atoms with E-state index in [1.165, 1.54) is 16.8 Å². The summed E-state index contributed by atoms with van der Waals surface area (Å²) in [6.45, 7) is 2.95. The SMILES string of the molecule is C=C[C@]1(CO)O[C@@H](c2ccc3c(N)ccnn23)[C@H](F)[C@@H]1O. The van der Waals surface area contributed by atoms with Crippen LogP contribution in [0.25, 0.3) is 5.52 Å². The number of aromatic nitrogens is 2. The Morgan fingerprint density at radius 2 is 2.29 bits per heavy atom. The monoisotopic (exact) mass is 293 g/mol. The standard InChI is InChI=1S/C14H16FN3O3/c1-2-14(7-19)13(20)11(15)12(21-14)10-4-3-9-8(16)5-6-17-18(9)10/h2-6,11-13,19-20H,1,7,16H2/t11-,12-,13-,14+/m0/s1. The third-order valence-corrected chi connectivity index (χ3v) is 3.94. The van der Waals surface area contributed by atoms with Crippen LogP contribution in [-0.2, 0) is 4.74 Å². The average molecular weight is 293 g/mol. The van der Waals surface area contributed by atoms with E-state index in [-0.39, 0.29) is 0 Å². The van der Waals surface area contributed by atoms with Crippen LogP contribution in [0.2, 0.25) is 0 Å². The van der Waals surface area contributed by atoms with Crippen LogP contribution >= 0.6 is 0 Å². The first-order valence-corrected chi connectivity index (χ1v) is 6.50. The molecular formula is C14H16FN3O3. The van der Waals surface area contributed by atoms with Crippen LogP contribution < -0.4 is 5.73 Å². The van der Waals surface area contributed by atoms with Gasteiger partial charge in [-0.2, -0.15) is 5.10 Å². The second-order valence-corrected chi connectivity index (χ2v) is 5.09. The molecule has 4 N–H and O–H groups in total. The molecule has 0 spiro atoms. The number of alkyl halides is 1. The Labute approximate surface area is 120 Å². The van der Waals surface area contributed by atoms with Gasteiger partial charge in [-0.3, -0.25) is 0 Å². The number of hydrogen-bond donors (Lipinski definition) is 3. The fraction of sp³-hybridized carbons (Fsp3) is 0.357. The van der Waals surface area contributed by atoms with Gasteiger partial charge in [-0.25, -0.2) is 8.91 Å². The summed E-state index contributed by atoms with van der Waals surface area (Å²) in [4.78, 5) is 0. The fourth-order valence-electron chi connectivity index (χ4n) is 2.67. The number of hydrogen-bond acceptors (Lipinski definition) is 5. The Hall–Kier alpha value is -1.96. The van der Waals surface area contributed by atoms with E-state index in [0.717, 1.165) is 0 Å². The summed E-state index contributed by atoms with van der Waals surface area (Å²) in [5.41, 5.74) is 5.86. The molecule has 3 rings (SSSR count). The lowest BCUT2D eigenvalue weighted by Gasteiger charge is -2.25. The van der Waals surface area contributed by atoms with Crippen molar-refractivity contribution in [1.29, 1.82) is 0 Å². The normalized spacial score (nSPS) is 32.6. The molecule has 3 heterocycles. The predicted molar refractivity (Wildman–Crippen MR) is 74.3 cm³/mol. The van der Waals surface area contributed by atoms with Crippen molar-refractivity contribution in [3.05, 3.63) is 42.7 Å². The Morgan fingerprint density at radius 3 is 2.90 bits per heavy atom. The number of aliphatic hydroxyl groups is 2. The van der Waals surface area contributed by atoms with Crippen LogP contribution in [0.1, 0.15) is 11.8 Å². The van der Waals surface area contributed by atoms with Gasteiger partial charge in [0, 0.05) is 6.20 Å². The first-order valence-electron chi connectivity index (χ1n) is 6.50. The van der Waals surface area contributed by atoms with Crippen molar-refractivity contribution in [1.82, 2.24) is 9.61 Å². The number of rotatable bonds is 3. The zero-order chi connectivity index (χ0) is 15.2. The minimum Gasteiger partial charge on any atom is -0.397 e. The number of anilines is 1. The molecule has 21 heavy (non-hydrogen) atoms. The molecule has 1 saturated heterocycles. The Kier molecular flexibility index (Phi) is 3.20. The van der Waals surface area contributed by atoms with E-state index in [9.17, 15) is 14.6 Å². The summed E-state index contributed by atoms with van der Waals surface area (Å²) in [5.74, 6) is 0. The minimum absolute atomic E-state index is 0.418. The number of ether oxygens (including phenoxy) is 1. The molecule has 0 amide bonds. The summed E-state index contributed by atoms with van der Waals surface area (Å²) < 4.78 is 21.5. The van der Waals surface area contributed by atoms with Crippen molar-refractivity contribution >= 4 is 11.2 Å². The number of nitrogens with zero attached hydrogens (tertiary/aromatic N) is 2. The summed E-state index contributed by atoms with van der Waals surface area (Å²) in [6, 6.07) is 4.98. The van der Waals surface area contributed by atoms with Crippen LogP contribution in [-0.4, -0.2) is 44.3 Å². The van der Waals surface area contributed by atoms with Crippen LogP contribution in [0.5, 0.6) is 0 Å². The Balaban J connectivity index is 2.08. The summed E-state index contributed by atoms with van der Waals surface area (Å²) >= 11 is 0. The van der Waals surface area contributed by atoms with Gasteiger partial charge < -0.3 is 20.7 Å². The molecule has 0 aliphatic carbocycles. The molecule has 7 heteroatoms. The molecule has 6 nitrogen and oxygen atoms in total. The summed E-state index contributed by atoms with van der Waals surface area (Å²) in [5, 5.41) is 23.6. The lowest BCUT2D eigenvalue weighted by molar-refractivity contribution is -0.0798. The quantitative estimate of drug-likeness (QED) is 0.721. The zero-order valence-corrected chi connectivity index (χ0v) is 11.2. The third kappa shape index (κ3) is 1.85. The Bertz CT molecular complexity index is 689. The third-order valence-electron chi connectivity index (χ3n) is 3.94. The van der Waals surface area contributed by atoms with Crippen molar-refractivity contribution in [2.45, 2.75) is 24.0 Å². The average Bonchev–Trinajstić information content (AvgIpc) is 3.02. The highest BCUT2D eigenvalue weighted by Gasteiger charge is 2.54. The van der Waals surface area contributed by atoms with Crippen LogP contribution in [0, 0.1) is 0 Å². The van der Waals surface area contributed by atoms with E-state index in [1.807, 2.05) is 0 Å². The van der Waals surface area contributed by atoms with Gasteiger partial charge in [-0.1, -0.05) is 6.08 Å². The lowest BCUT2D eigenvalue weighted by Crippen LogP contribution is -2.43. The lowest BCUT2D eigenvalue weighted by atomic mass is 9.96. The van der Waals surface area contributed by atoms with Crippen molar-refractivity contribution < 1.29 is 19.3 Å². The van der Waals surface area contributed by atoms with Crippen LogP contribution in [0.3, 0.4) is 0 Å². The molecule has 1 fully saturated rings. The Morgan fingerprint density at radius 1 is 1.52 bits per heavy atom. The molecule has 0 radical (unpaired) electrons. The van der Waals surface area contributed by atoms with Gasteiger partial charge >= 0.3 is 0 Å². The molecule has 0 saturated carbocycles. The number of aliphatic hydroxyl groups excluding tert-OH is 2. The van der Waals surface area contributed by atoms with Gasteiger partial charge in [0.05, 0.1) is 23.5 Å². The van der Waals surface area contributed by atoms with Crippen molar-refractivity contribution in [3.8, 4) is 0 Å². The molecule has 0 unspecified atom stereocenters. The number of nitrogens with two attached hydrogens (primary N) is 1. The van der Waals surface area contributed by atoms with Gasteiger partial charge in [0.2, 0.25) is 0 Å². The van der Waals surface area contributed by atoms with E-state index in [2.05, 4.69) is 11.7 Å². The first kappa shape index (κ1) is 14.0. The van der Waals surface area contributed by atoms with Gasteiger partial charge in [0.1, 0.15) is 17.8 Å². The predicted octanol–water partition coefficient (Wildman–Crippen LogP) is 0.604. The van der Waals surface area contributed by atoms with Gasteiger partial charge in [0.15, 0.2) is 6.17 Å². The fourth-order valence-corrected chi connectivity index (χ4v) is 2.67. The highest BCUT2D eigenvalue weighted by atomic mass is 19.1. The highest BCUT2D eigenvalue weighted by molar-refractivity contribution is 5.69. The van der Waals surface area contributed by atoms with Crippen LogP contribution in [0.15, 0.2) is 37.1 Å². The molecule has 1 aliphatic heterocycles. The minimum atomic E-state index is -1.71. The summed E-state index contributed by atoms with van der Waals surface area (Å²) in [6.07, 6.45) is -1.56. The molecule has 1 aliphatic rings. The molecule has 2 aromatic heterocycles. The molecule has 4 atom stereocenters. The molecule has 2 aromatic rings. The maximum atomic E-state index is 14.4. The number of fused-ring (bicyclic) bond motifs is 1. The topological polar surface area (TPSA) is 93.0 Å². The van der Waals surface area contributed by atoms with Gasteiger partial charge in [0.25, 0.3) is 0 Å². The van der Waals surface area contributed by atoms with Gasteiger partial charge in [-0.15, -0.1) is 6.58 Å². The zero-order valence-electron chi connectivity index (χ0n) is 11.2. The first-order chi connectivity index (χ1) is 10.0. The van der Waals surface area contributed by atoms with Crippen LogP contribution in [0.4, 0.5) is 10.1 Å². The summed E-state index contributed by atoms with van der Waals surface area (Å²) in [7, 11) is 0. The number of halogens is 1. The van der Waals surface area contributed by atoms with E-state index < -0.39 is 30.6 Å². The van der Waals surface area contributed by atoms with Crippen molar-refractivity contribution in [2.24, 2.45) is 0 Å². The maximum absolute atomic E-state index is 14.4. The molecule has 0 aromatic carbocycles. The van der Waals surface area contributed by atoms with E-state index in [1.54, 1.807) is 18.2 Å². The highest BCUT2D eigenvalue weighted by Crippen LogP contribution is 2.42. The molecule has 112 valence electrons. The second-order valence-electron chi connectivity index (χ2n) is 5.09. The smallest absolute Gasteiger partial charge is 0.161 e. The van der Waals surface area contributed by atoms with Gasteiger partial charge in [-0.05, 0) is 18.2 Å². The molecular weight excluding hydrogens is 277 g/mol. The van der Waals surface area contributed by atoms with Crippen molar-refractivity contribution in [2.75, 3.05) is 12.3 Å². The van der Waals surface area contributed by atoms with E-state index in [0.29, 0.717) is 16.9 Å². The maximum Gasteiger partial charge on any atom is 0.161 e. The van der Waals surface area contributed by atoms with Crippen molar-refractivity contribution in [3.63, 3.8) is 0 Å². The number of nitrogen functional groups attached to an aromatic ring is 1. The molecule has 0 bridgehead atoms.